The largest absolute Gasteiger partial charge is 0.367 e. The Hall–Kier alpha value is -2.84. The van der Waals surface area contributed by atoms with E-state index < -0.39 is 5.92 Å². The molecule has 1 amide bonds. The number of carbonyl (C=O) groups is 1. The molecule has 0 aromatic carbocycles. The Kier molecular flexibility index (Phi) is 5.43. The number of nitrogens with zero attached hydrogens (tertiary/aromatic N) is 5. The first-order valence-electron chi connectivity index (χ1n) is 11.4. The minimum Gasteiger partial charge on any atom is -0.367 e. The summed E-state index contributed by atoms with van der Waals surface area (Å²) >= 11 is 0. The van der Waals surface area contributed by atoms with Gasteiger partial charge in [0, 0.05) is 57.1 Å². The molecular formula is C23H28F2N6O. The molecule has 9 heteroatoms. The Morgan fingerprint density at radius 3 is 2.62 bits per heavy atom. The van der Waals surface area contributed by atoms with Gasteiger partial charge in [-0.05, 0) is 43.7 Å². The SMILES string of the molecule is CC(=O)N1CC=C(c2cc(NC3CCC(F)(F)CC3)nc(-n3ccc(C4CC4)n3)n2)CC1. The van der Waals surface area contributed by atoms with Gasteiger partial charge in [0.2, 0.25) is 11.8 Å². The highest BCUT2D eigenvalue weighted by Gasteiger charge is 2.35. The van der Waals surface area contributed by atoms with Gasteiger partial charge in [0.1, 0.15) is 5.82 Å². The maximum Gasteiger partial charge on any atom is 0.253 e. The quantitative estimate of drug-likeness (QED) is 0.752. The molecule has 3 heterocycles. The molecule has 2 aromatic heterocycles. The summed E-state index contributed by atoms with van der Waals surface area (Å²) in [6.07, 6.45) is 7.55. The van der Waals surface area contributed by atoms with Crippen LogP contribution in [0, 0.1) is 0 Å². The molecule has 0 spiro atoms. The van der Waals surface area contributed by atoms with Gasteiger partial charge in [-0.25, -0.2) is 18.4 Å². The summed E-state index contributed by atoms with van der Waals surface area (Å²) in [6.45, 7) is 2.78. The van der Waals surface area contributed by atoms with Gasteiger partial charge in [0.25, 0.3) is 5.95 Å². The summed E-state index contributed by atoms with van der Waals surface area (Å²) in [5, 5.41) is 8.02. The maximum absolute atomic E-state index is 13.6. The first-order chi connectivity index (χ1) is 15.4. The van der Waals surface area contributed by atoms with Crippen LogP contribution in [-0.2, 0) is 4.79 Å². The monoisotopic (exact) mass is 442 g/mol. The number of rotatable bonds is 5. The number of hydrogen-bond acceptors (Lipinski definition) is 5. The molecule has 32 heavy (non-hydrogen) atoms. The molecule has 2 saturated carbocycles. The van der Waals surface area contributed by atoms with E-state index in [4.69, 9.17) is 4.98 Å². The standard InChI is InChI=1S/C23H28F2N6O/c1-15(32)30-11-6-17(7-12-30)20-14-21(26-18-4-9-23(24,25)10-5-18)28-22(27-20)31-13-8-19(29-31)16-2-3-16/h6,8,13-14,16,18H,2-5,7,9-12H2,1H3,(H,26,27,28). The summed E-state index contributed by atoms with van der Waals surface area (Å²) in [7, 11) is 0. The summed E-state index contributed by atoms with van der Waals surface area (Å²) in [5.74, 6) is -0.889. The number of aromatic nitrogens is 4. The van der Waals surface area contributed by atoms with Crippen molar-refractivity contribution in [1.82, 2.24) is 24.6 Å². The van der Waals surface area contributed by atoms with E-state index >= 15 is 0 Å². The second-order valence-electron chi connectivity index (χ2n) is 9.12. The Morgan fingerprint density at radius 2 is 1.97 bits per heavy atom. The van der Waals surface area contributed by atoms with E-state index in [-0.39, 0.29) is 24.8 Å². The first kappa shape index (κ1) is 21.0. The van der Waals surface area contributed by atoms with Crippen molar-refractivity contribution in [2.24, 2.45) is 0 Å². The molecule has 5 rings (SSSR count). The highest BCUT2D eigenvalue weighted by atomic mass is 19.3. The van der Waals surface area contributed by atoms with Gasteiger partial charge in [0.05, 0.1) is 11.4 Å². The predicted octanol–water partition coefficient (Wildman–Crippen LogP) is 4.17. The van der Waals surface area contributed by atoms with Crippen LogP contribution in [-0.4, -0.2) is 55.6 Å². The molecule has 170 valence electrons. The van der Waals surface area contributed by atoms with E-state index in [2.05, 4.69) is 15.4 Å². The summed E-state index contributed by atoms with van der Waals surface area (Å²) in [5.41, 5.74) is 2.89. The van der Waals surface area contributed by atoms with Crippen molar-refractivity contribution in [1.29, 1.82) is 0 Å². The van der Waals surface area contributed by atoms with Gasteiger partial charge >= 0.3 is 0 Å². The van der Waals surface area contributed by atoms with Crippen LogP contribution in [0.2, 0.25) is 0 Å². The Balaban J connectivity index is 1.43. The highest BCUT2D eigenvalue weighted by molar-refractivity contribution is 5.75. The molecule has 0 saturated heterocycles. The maximum atomic E-state index is 13.6. The number of hydrogen-bond donors (Lipinski definition) is 1. The Labute approximate surface area is 185 Å². The van der Waals surface area contributed by atoms with Crippen molar-refractivity contribution in [2.75, 3.05) is 18.4 Å². The van der Waals surface area contributed by atoms with Crippen LogP contribution >= 0.6 is 0 Å². The topological polar surface area (TPSA) is 75.9 Å². The van der Waals surface area contributed by atoms with E-state index in [9.17, 15) is 13.6 Å². The Bertz CT molecular complexity index is 1030. The molecule has 0 radical (unpaired) electrons. The molecule has 1 aliphatic heterocycles. The van der Waals surface area contributed by atoms with Crippen molar-refractivity contribution >= 4 is 17.3 Å². The second-order valence-corrected chi connectivity index (χ2v) is 9.12. The molecule has 2 aliphatic carbocycles. The number of anilines is 1. The van der Waals surface area contributed by atoms with Crippen molar-refractivity contribution < 1.29 is 13.6 Å². The van der Waals surface area contributed by atoms with Crippen LogP contribution in [0.25, 0.3) is 11.5 Å². The number of carbonyl (C=O) groups excluding carboxylic acids is 1. The highest BCUT2D eigenvalue weighted by Crippen LogP contribution is 2.39. The smallest absolute Gasteiger partial charge is 0.253 e. The van der Waals surface area contributed by atoms with Crippen molar-refractivity contribution in [3.8, 4) is 5.95 Å². The van der Waals surface area contributed by atoms with E-state index in [1.54, 1.807) is 16.5 Å². The van der Waals surface area contributed by atoms with Gasteiger partial charge in [-0.2, -0.15) is 10.1 Å². The lowest BCUT2D eigenvalue weighted by atomic mass is 9.92. The minimum atomic E-state index is -2.57. The van der Waals surface area contributed by atoms with Gasteiger partial charge in [0.15, 0.2) is 0 Å². The normalized spacial score (nSPS) is 21.3. The molecule has 7 nitrogen and oxygen atoms in total. The fourth-order valence-electron chi connectivity index (χ4n) is 4.40. The summed E-state index contributed by atoms with van der Waals surface area (Å²) in [6, 6.07) is 3.85. The minimum absolute atomic E-state index is 0.0431. The molecule has 3 aliphatic rings. The molecule has 0 bridgehead atoms. The Morgan fingerprint density at radius 1 is 1.19 bits per heavy atom. The van der Waals surface area contributed by atoms with Crippen molar-refractivity contribution in [2.45, 2.75) is 69.8 Å². The zero-order chi connectivity index (χ0) is 22.3. The molecule has 0 unspecified atom stereocenters. The average molecular weight is 443 g/mol. The molecular weight excluding hydrogens is 414 g/mol. The number of alkyl halides is 2. The number of nitrogens with one attached hydrogen (secondary N) is 1. The van der Waals surface area contributed by atoms with Crippen LogP contribution in [0.1, 0.15) is 69.2 Å². The van der Waals surface area contributed by atoms with E-state index in [0.717, 1.165) is 29.8 Å². The van der Waals surface area contributed by atoms with Gasteiger partial charge in [-0.15, -0.1) is 0 Å². The van der Waals surface area contributed by atoms with Crippen LogP contribution in [0.5, 0.6) is 0 Å². The van der Waals surface area contributed by atoms with Crippen LogP contribution in [0.15, 0.2) is 24.4 Å². The summed E-state index contributed by atoms with van der Waals surface area (Å²) < 4.78 is 28.8. The lowest BCUT2D eigenvalue weighted by molar-refractivity contribution is -0.128. The molecule has 1 N–H and O–H groups in total. The summed E-state index contributed by atoms with van der Waals surface area (Å²) in [4.78, 5) is 22.9. The molecule has 2 aromatic rings. The van der Waals surface area contributed by atoms with Crippen molar-refractivity contribution in [3.63, 3.8) is 0 Å². The third-order valence-electron chi connectivity index (χ3n) is 6.58. The zero-order valence-corrected chi connectivity index (χ0v) is 18.2. The third kappa shape index (κ3) is 4.66. The zero-order valence-electron chi connectivity index (χ0n) is 18.2. The van der Waals surface area contributed by atoms with Crippen LogP contribution in [0.3, 0.4) is 0 Å². The van der Waals surface area contributed by atoms with E-state index in [1.165, 1.54) is 0 Å². The van der Waals surface area contributed by atoms with Gasteiger partial charge in [-0.1, -0.05) is 6.08 Å². The first-order valence-corrected chi connectivity index (χ1v) is 11.4. The third-order valence-corrected chi connectivity index (χ3v) is 6.58. The predicted molar refractivity (Wildman–Crippen MR) is 117 cm³/mol. The lowest BCUT2D eigenvalue weighted by Crippen LogP contribution is -2.33. The second kappa shape index (κ2) is 8.26. The fourth-order valence-corrected chi connectivity index (χ4v) is 4.40. The number of amides is 1. The average Bonchev–Trinajstić information content (AvgIpc) is 3.51. The van der Waals surface area contributed by atoms with Crippen LogP contribution in [0.4, 0.5) is 14.6 Å². The fraction of sp³-hybridized carbons (Fsp3) is 0.565. The lowest BCUT2D eigenvalue weighted by Gasteiger charge is -2.29. The number of halogens is 2. The van der Waals surface area contributed by atoms with E-state index in [1.807, 2.05) is 24.4 Å². The molecule has 0 atom stereocenters. The van der Waals surface area contributed by atoms with Crippen LogP contribution < -0.4 is 5.32 Å². The van der Waals surface area contributed by atoms with Gasteiger partial charge < -0.3 is 10.2 Å². The molecule has 2 fully saturated rings. The van der Waals surface area contributed by atoms with Gasteiger partial charge in [-0.3, -0.25) is 4.79 Å². The van der Waals surface area contributed by atoms with E-state index in [0.29, 0.717) is 50.0 Å². The van der Waals surface area contributed by atoms with Crippen molar-refractivity contribution in [3.05, 3.63) is 35.8 Å².